The van der Waals surface area contributed by atoms with Gasteiger partial charge in [-0.05, 0) is 142 Å². The normalized spacial score (nSPS) is 27.5. The number of carboxylic acids is 1. The molecular weight excluding hydrogens is 1530 g/mol. The van der Waals surface area contributed by atoms with Gasteiger partial charge in [-0.15, -0.1) is 0 Å². The number of aliphatic hydroxyl groups excluding tert-OH is 5. The smallest absolute Gasteiger partial charge is 0.330 e. The third kappa shape index (κ3) is 20.4. The number of hydrogen-bond donors (Lipinski definition) is 20. The Morgan fingerprint density at radius 2 is 1.33 bits per heavy atom. The lowest BCUT2D eigenvalue weighted by Crippen LogP contribution is -2.66. The highest BCUT2D eigenvalue weighted by Crippen LogP contribution is 2.50. The predicted molar refractivity (Wildman–Crippen MR) is 410 cm³/mol. The molecule has 36 heteroatoms. The van der Waals surface area contributed by atoms with Crippen LogP contribution in [-0.2, 0) is 52.6 Å². The molecule has 11 bridgehead atoms. The summed E-state index contributed by atoms with van der Waals surface area (Å²) in [5.41, 5.74) is 8.16. The zero-order chi connectivity index (χ0) is 82.7. The number of aliphatic hydroxyl groups is 5. The number of aromatic hydroxyl groups is 3. The molecule has 0 unspecified atom stereocenters. The lowest BCUT2D eigenvalue weighted by molar-refractivity contribution is -0.331. The van der Waals surface area contributed by atoms with Gasteiger partial charge in [0, 0.05) is 54.4 Å². The summed E-state index contributed by atoms with van der Waals surface area (Å²) in [4.78, 5) is 118. The molecule has 0 radical (unpaired) electrons. The summed E-state index contributed by atoms with van der Waals surface area (Å²) in [5.74, 6) is -15.6. The standard InChI is InChI=1S/C78H99Cl2N11O23/c1-7-8-9-10-11-12-13-14-21-84-22-23-85-78(5)33-56(109-36(4)69(78)100)113-68-66(99)65(98)54(34-81)112-77(68)114-67-52-28-40-29-53(67)111-51-20-17-39(27-45(51)80)64(97)62-75(106)89-60(76(107)108)43-30-41(92)31-49(94)57(43)42-25-37(15-18-48(42)93)58(72(103)91-62)88-73(104)59(40)87-71(102)47(32-55(82)95)86-74(105)61(90-70(101)46(83-6)24-35(2)3)63(96)38-16-19-50(110-52)44(79)26-38/h11-12,15-20,25-31,35-36,46-47,54,56,58-66,68-69,77,83-85,92-94,96-100H,7-10,13-14,21-24,32-34,81H2,1-6H3,(H2,82,95)(H,86,105)(H,87,102)(H,88,104)(H,89,106)(H,90,101)(H,91,103)(H,107,108)/b12-11+/t36-,46+,47-,54+,56-,58+,59+,60-,61+,62-,63+,64+,65+,66-,68+,69+,77-,78-/m0/s1. The topological polar surface area (TPSA) is 534 Å². The van der Waals surface area contributed by atoms with Gasteiger partial charge in [0.25, 0.3) is 0 Å². The fraction of sp³-hybridized carbons (Fsp3) is 0.487. The number of primary amides is 1. The number of carboxylic acid groups (broad SMARTS) is 1. The van der Waals surface area contributed by atoms with Gasteiger partial charge in [-0.1, -0.05) is 87.2 Å². The Balaban J connectivity index is 1.16. The van der Waals surface area contributed by atoms with Crippen LogP contribution in [0.3, 0.4) is 0 Å². The summed E-state index contributed by atoms with van der Waals surface area (Å²) in [6.07, 6.45) is -6.90. The van der Waals surface area contributed by atoms with E-state index in [0.29, 0.717) is 13.1 Å². The molecule has 18 atom stereocenters. The summed E-state index contributed by atoms with van der Waals surface area (Å²) < 4.78 is 39.7. The maximum absolute atomic E-state index is 16.2. The molecule has 7 amide bonds. The van der Waals surface area contributed by atoms with Crippen LogP contribution in [0, 0.1) is 5.92 Å². The number of likely N-dealkylation sites (N-methyl/N-ethyl adjacent to an activating group) is 1. The highest BCUT2D eigenvalue weighted by molar-refractivity contribution is 6.32. The Morgan fingerprint density at radius 1 is 0.702 bits per heavy atom. The Hall–Kier alpha value is -9.50. The third-order valence-electron chi connectivity index (χ3n) is 20.5. The number of carbonyl (C=O) groups excluding carboxylic acids is 7. The molecule has 12 rings (SSSR count). The Labute approximate surface area is 666 Å². The molecule has 618 valence electrons. The quantitative estimate of drug-likeness (QED) is 0.0295. The Bertz CT molecular complexity index is 4390. The third-order valence-corrected chi connectivity index (χ3v) is 21.1. The van der Waals surface area contributed by atoms with Crippen LogP contribution >= 0.6 is 23.2 Å². The van der Waals surface area contributed by atoms with Gasteiger partial charge in [0.2, 0.25) is 53.4 Å². The molecule has 0 spiro atoms. The molecule has 34 nitrogen and oxygen atoms in total. The molecule has 7 aliphatic rings. The molecule has 0 saturated carbocycles. The lowest BCUT2D eigenvalue weighted by atomic mass is 9.85. The van der Waals surface area contributed by atoms with E-state index in [9.17, 15) is 69.9 Å². The highest BCUT2D eigenvalue weighted by Gasteiger charge is 2.52. The Morgan fingerprint density at radius 3 is 1.96 bits per heavy atom. The van der Waals surface area contributed by atoms with Gasteiger partial charge >= 0.3 is 5.97 Å². The fourth-order valence-electron chi connectivity index (χ4n) is 14.3. The SMILES string of the molecule is CCCCC/C=C/CCCNCCN[C@@]1(C)C[C@H](O[C@H]2[C@H](Oc3c4cc5cc3Oc3ccc(cc3Cl)[C@@H](O)[C@@H](NC(=O)[C@@H](CC(C)C)NC)C(=O)N[C@@H](CC(N)=O)C(=O)N[C@H]5C(=O)N[C@H]3C(=O)N[C@H](C(=O)N[C@H](C(=O)O)c5cc(O)cc(O)c5-c5cc3ccc5O)[C@H](O)c3ccc(c(Cl)c3)O4)O[C@H](CN)[C@@H](O)[C@@H]2O)O[C@@H](C)[C@H]1O. The van der Waals surface area contributed by atoms with Gasteiger partial charge in [-0.25, -0.2) is 4.79 Å². The van der Waals surface area contributed by atoms with Crippen LogP contribution < -0.4 is 73.5 Å². The lowest BCUT2D eigenvalue weighted by Gasteiger charge is -2.48. The number of rotatable bonds is 25. The molecular formula is C78H99Cl2N11O23. The van der Waals surface area contributed by atoms with E-state index < -0.39 is 231 Å². The van der Waals surface area contributed by atoms with Crippen LogP contribution in [0.25, 0.3) is 11.1 Å². The number of nitrogens with one attached hydrogen (secondary N) is 9. The van der Waals surface area contributed by atoms with E-state index in [1.165, 1.54) is 31.7 Å². The van der Waals surface area contributed by atoms with Gasteiger partial charge < -0.3 is 134 Å². The number of ether oxygens (including phenoxy) is 6. The number of benzene rings is 5. The number of fused-ring (bicyclic) bond motifs is 15. The number of phenolic OH excluding ortho intramolecular Hbond substituents is 3. The van der Waals surface area contributed by atoms with Gasteiger partial charge in [0.05, 0.1) is 34.7 Å². The number of amides is 7. The van der Waals surface area contributed by atoms with E-state index in [2.05, 4.69) is 66.9 Å². The van der Waals surface area contributed by atoms with Crippen molar-refractivity contribution in [3.63, 3.8) is 0 Å². The molecule has 2 saturated heterocycles. The number of halogens is 2. The fourth-order valence-corrected chi connectivity index (χ4v) is 14.8. The first-order valence-corrected chi connectivity index (χ1v) is 38.3. The predicted octanol–water partition coefficient (Wildman–Crippen LogP) is 3.21. The molecule has 22 N–H and O–H groups in total. The van der Waals surface area contributed by atoms with Crippen LogP contribution in [0.1, 0.15) is 151 Å². The minimum absolute atomic E-state index is 0.0913. The van der Waals surface area contributed by atoms with Crippen molar-refractivity contribution < 1.29 is 113 Å². The van der Waals surface area contributed by atoms with E-state index in [-0.39, 0.29) is 52.0 Å². The second-order valence-electron chi connectivity index (χ2n) is 29.5. The Kier molecular flexibility index (Phi) is 29.2. The van der Waals surface area contributed by atoms with Crippen molar-refractivity contribution in [3.8, 4) is 57.1 Å². The molecule has 7 aliphatic heterocycles. The van der Waals surface area contributed by atoms with Crippen molar-refractivity contribution in [2.24, 2.45) is 17.4 Å². The van der Waals surface area contributed by atoms with E-state index in [0.717, 1.165) is 99.3 Å². The molecule has 7 heterocycles. The minimum atomic E-state index is -2.33. The second-order valence-corrected chi connectivity index (χ2v) is 30.3. The summed E-state index contributed by atoms with van der Waals surface area (Å²) in [5, 5.41) is 129. The summed E-state index contributed by atoms with van der Waals surface area (Å²) in [6, 6.07) is -0.253. The largest absolute Gasteiger partial charge is 0.508 e. The van der Waals surface area contributed by atoms with Crippen LogP contribution in [0.5, 0.6) is 46.0 Å². The number of nitrogens with two attached hydrogens (primary N) is 2. The molecule has 0 aliphatic carbocycles. The van der Waals surface area contributed by atoms with Crippen LogP contribution in [-0.4, -0.2) is 205 Å². The first kappa shape index (κ1) is 86.9. The van der Waals surface area contributed by atoms with Gasteiger partial charge in [-0.2, -0.15) is 0 Å². The number of hydrogen-bond acceptors (Lipinski definition) is 26. The monoisotopic (exact) mass is 1630 g/mol. The molecule has 114 heavy (non-hydrogen) atoms. The number of phenols is 3. The molecule has 0 aromatic heterocycles. The maximum Gasteiger partial charge on any atom is 0.330 e. The van der Waals surface area contributed by atoms with Gasteiger partial charge in [0.15, 0.2) is 29.9 Å². The van der Waals surface area contributed by atoms with E-state index in [4.69, 9.17) is 63.1 Å². The van der Waals surface area contributed by atoms with Crippen molar-refractivity contribution in [2.75, 3.05) is 33.2 Å². The number of allylic oxidation sites excluding steroid dienone is 2. The van der Waals surface area contributed by atoms with Crippen LogP contribution in [0.15, 0.2) is 91.0 Å². The first-order valence-electron chi connectivity index (χ1n) is 37.6. The molecule has 2 fully saturated rings. The van der Waals surface area contributed by atoms with Crippen molar-refractivity contribution in [3.05, 3.63) is 129 Å². The van der Waals surface area contributed by atoms with Crippen LogP contribution in [0.4, 0.5) is 0 Å². The van der Waals surface area contributed by atoms with Crippen molar-refractivity contribution in [2.45, 2.75) is 202 Å². The summed E-state index contributed by atoms with van der Waals surface area (Å²) in [6.45, 7) is 10.3. The average Bonchev–Trinajstić information content (AvgIpc) is 0.771. The zero-order valence-corrected chi connectivity index (χ0v) is 64.9. The van der Waals surface area contributed by atoms with Crippen molar-refractivity contribution in [1.29, 1.82) is 0 Å². The van der Waals surface area contributed by atoms with Crippen molar-refractivity contribution in [1.82, 2.24) is 47.9 Å². The number of aliphatic carboxylic acids is 1. The van der Waals surface area contributed by atoms with E-state index in [1.54, 1.807) is 13.8 Å². The van der Waals surface area contributed by atoms with E-state index in [1.807, 2.05) is 13.8 Å². The van der Waals surface area contributed by atoms with Crippen LogP contribution in [0.2, 0.25) is 10.0 Å². The van der Waals surface area contributed by atoms with Gasteiger partial charge in [0.1, 0.15) is 89.5 Å². The second kappa shape index (κ2) is 38.3. The number of carbonyl (C=O) groups is 8. The number of unbranched alkanes of at least 4 members (excludes halogenated alkanes) is 4. The molecule has 5 aromatic rings. The zero-order valence-electron chi connectivity index (χ0n) is 63.4. The average molecular weight is 1630 g/mol. The van der Waals surface area contributed by atoms with Crippen molar-refractivity contribution >= 4 is 70.5 Å². The first-order chi connectivity index (χ1) is 54.2. The summed E-state index contributed by atoms with van der Waals surface area (Å²) in [7, 11) is 1.49. The summed E-state index contributed by atoms with van der Waals surface area (Å²) >= 11 is 14.3. The van der Waals surface area contributed by atoms with Gasteiger partial charge in [-0.3, -0.25) is 33.6 Å². The molecule has 5 aromatic carbocycles. The highest BCUT2D eigenvalue weighted by atomic mass is 35.5. The maximum atomic E-state index is 16.2. The van der Waals surface area contributed by atoms with E-state index >= 15 is 14.4 Å². The minimum Gasteiger partial charge on any atom is -0.508 e.